The van der Waals surface area contributed by atoms with Crippen molar-refractivity contribution in [3.8, 4) is 0 Å². The molecule has 21 heavy (non-hydrogen) atoms. The van der Waals surface area contributed by atoms with Gasteiger partial charge in [0, 0.05) is 24.7 Å². The summed E-state index contributed by atoms with van der Waals surface area (Å²) in [6, 6.07) is 10.9. The first kappa shape index (κ1) is 15.1. The lowest BCUT2D eigenvalue weighted by Crippen LogP contribution is -2.53. The van der Waals surface area contributed by atoms with Crippen LogP contribution in [0.4, 0.5) is 0 Å². The minimum absolute atomic E-state index is 0.477. The van der Waals surface area contributed by atoms with E-state index in [-0.39, 0.29) is 0 Å². The van der Waals surface area contributed by atoms with Crippen molar-refractivity contribution in [1.82, 2.24) is 10.2 Å². The second kappa shape index (κ2) is 6.10. The van der Waals surface area contributed by atoms with Crippen LogP contribution in [0.5, 0.6) is 0 Å². The summed E-state index contributed by atoms with van der Waals surface area (Å²) >= 11 is 0. The molecule has 3 rings (SSSR count). The van der Waals surface area contributed by atoms with E-state index >= 15 is 0 Å². The standard InChI is InChI=1S/C19H30N2/c1-13-9-10-15(3)21(12-13)18-11-14(2)16-7-5-6-8-17(16)19(18)20-4/h5-8,13-15,18-20H,9-12H2,1-4H3. The third-order valence-corrected chi connectivity index (χ3v) is 5.74. The van der Waals surface area contributed by atoms with E-state index in [1.54, 1.807) is 5.56 Å². The van der Waals surface area contributed by atoms with Crippen molar-refractivity contribution >= 4 is 0 Å². The zero-order valence-electron chi connectivity index (χ0n) is 14.0. The summed E-state index contributed by atoms with van der Waals surface area (Å²) in [5.41, 5.74) is 3.07. The molecule has 1 aromatic carbocycles. The molecule has 1 aliphatic carbocycles. The summed E-state index contributed by atoms with van der Waals surface area (Å²) < 4.78 is 0. The second-order valence-electron chi connectivity index (χ2n) is 7.33. The van der Waals surface area contributed by atoms with Gasteiger partial charge >= 0.3 is 0 Å². The van der Waals surface area contributed by atoms with Gasteiger partial charge in [0.05, 0.1) is 0 Å². The SMILES string of the molecule is CNC1c2ccccc2C(C)CC1N1CC(C)CCC1C. The molecule has 0 bridgehead atoms. The van der Waals surface area contributed by atoms with E-state index in [4.69, 9.17) is 0 Å². The van der Waals surface area contributed by atoms with Crippen LogP contribution in [0.2, 0.25) is 0 Å². The van der Waals surface area contributed by atoms with Gasteiger partial charge < -0.3 is 5.32 Å². The molecule has 1 aliphatic heterocycles. The number of nitrogens with one attached hydrogen (secondary N) is 1. The highest BCUT2D eigenvalue weighted by Crippen LogP contribution is 2.41. The van der Waals surface area contributed by atoms with Crippen LogP contribution in [0.3, 0.4) is 0 Å². The van der Waals surface area contributed by atoms with E-state index < -0.39 is 0 Å². The van der Waals surface area contributed by atoms with Gasteiger partial charge in [0.2, 0.25) is 0 Å². The maximum absolute atomic E-state index is 3.62. The minimum atomic E-state index is 0.477. The highest BCUT2D eigenvalue weighted by Gasteiger charge is 2.38. The van der Waals surface area contributed by atoms with E-state index in [2.05, 4.69) is 62.3 Å². The Kier molecular flexibility index (Phi) is 4.37. The highest BCUT2D eigenvalue weighted by molar-refractivity contribution is 5.36. The molecule has 1 N–H and O–H groups in total. The molecular formula is C19H30N2. The van der Waals surface area contributed by atoms with Gasteiger partial charge in [-0.15, -0.1) is 0 Å². The monoisotopic (exact) mass is 286 g/mol. The highest BCUT2D eigenvalue weighted by atomic mass is 15.2. The van der Waals surface area contributed by atoms with E-state index in [0.717, 1.165) is 12.0 Å². The van der Waals surface area contributed by atoms with Gasteiger partial charge in [-0.3, -0.25) is 4.90 Å². The number of piperidine rings is 1. The largest absolute Gasteiger partial charge is 0.312 e. The lowest BCUT2D eigenvalue weighted by atomic mass is 9.76. The van der Waals surface area contributed by atoms with Crippen LogP contribution in [0.15, 0.2) is 24.3 Å². The first-order chi connectivity index (χ1) is 10.1. The Hall–Kier alpha value is -0.860. The zero-order valence-corrected chi connectivity index (χ0v) is 14.0. The van der Waals surface area contributed by atoms with Crippen molar-refractivity contribution < 1.29 is 0 Å². The molecule has 0 spiro atoms. The fraction of sp³-hybridized carbons (Fsp3) is 0.684. The smallest absolute Gasteiger partial charge is 0.0478 e. The van der Waals surface area contributed by atoms with E-state index in [1.165, 1.54) is 31.4 Å². The minimum Gasteiger partial charge on any atom is -0.312 e. The van der Waals surface area contributed by atoms with Gasteiger partial charge in [0.1, 0.15) is 0 Å². The summed E-state index contributed by atoms with van der Waals surface area (Å²) in [4.78, 5) is 2.79. The van der Waals surface area contributed by atoms with Crippen molar-refractivity contribution in [2.24, 2.45) is 5.92 Å². The van der Waals surface area contributed by atoms with Gasteiger partial charge in [-0.25, -0.2) is 0 Å². The molecule has 0 saturated carbocycles. The summed E-state index contributed by atoms with van der Waals surface area (Å²) in [5, 5.41) is 3.62. The number of likely N-dealkylation sites (N-methyl/N-ethyl adjacent to an activating group) is 1. The molecule has 0 radical (unpaired) electrons. The predicted molar refractivity (Wildman–Crippen MR) is 89.6 cm³/mol. The van der Waals surface area contributed by atoms with E-state index in [0.29, 0.717) is 18.0 Å². The number of fused-ring (bicyclic) bond motifs is 1. The number of likely N-dealkylation sites (tertiary alicyclic amines) is 1. The van der Waals surface area contributed by atoms with Crippen LogP contribution in [-0.4, -0.2) is 30.6 Å². The fourth-order valence-electron chi connectivity index (χ4n) is 4.54. The van der Waals surface area contributed by atoms with Crippen molar-refractivity contribution in [2.75, 3.05) is 13.6 Å². The molecule has 116 valence electrons. The molecule has 1 saturated heterocycles. The number of benzene rings is 1. The third-order valence-electron chi connectivity index (χ3n) is 5.74. The lowest BCUT2D eigenvalue weighted by molar-refractivity contribution is 0.0461. The fourth-order valence-corrected chi connectivity index (χ4v) is 4.54. The Morgan fingerprint density at radius 2 is 1.76 bits per heavy atom. The van der Waals surface area contributed by atoms with Crippen LogP contribution in [-0.2, 0) is 0 Å². The molecule has 2 heteroatoms. The summed E-state index contributed by atoms with van der Waals surface area (Å²) in [6.07, 6.45) is 4.02. The van der Waals surface area contributed by atoms with E-state index in [1.807, 2.05) is 0 Å². The maximum Gasteiger partial charge on any atom is 0.0478 e. The van der Waals surface area contributed by atoms with E-state index in [9.17, 15) is 0 Å². The Labute approximate surface area is 129 Å². The second-order valence-corrected chi connectivity index (χ2v) is 7.33. The molecule has 1 heterocycles. The van der Waals surface area contributed by atoms with Crippen molar-refractivity contribution in [3.63, 3.8) is 0 Å². The number of hydrogen-bond donors (Lipinski definition) is 1. The normalized spacial score (nSPS) is 37.2. The average molecular weight is 286 g/mol. The summed E-state index contributed by atoms with van der Waals surface area (Å²) in [6.45, 7) is 8.49. The maximum atomic E-state index is 3.62. The Morgan fingerprint density at radius 1 is 1.05 bits per heavy atom. The molecule has 5 unspecified atom stereocenters. The summed E-state index contributed by atoms with van der Waals surface area (Å²) in [5.74, 6) is 1.51. The van der Waals surface area contributed by atoms with Crippen LogP contribution >= 0.6 is 0 Å². The van der Waals surface area contributed by atoms with Crippen LogP contribution in [0, 0.1) is 5.92 Å². The van der Waals surface area contributed by atoms with Gasteiger partial charge in [-0.1, -0.05) is 38.1 Å². The Bertz CT molecular complexity index is 484. The van der Waals surface area contributed by atoms with Gasteiger partial charge in [0.15, 0.2) is 0 Å². The zero-order chi connectivity index (χ0) is 15.0. The number of rotatable bonds is 2. The molecule has 1 fully saturated rings. The topological polar surface area (TPSA) is 15.3 Å². The molecular weight excluding hydrogens is 256 g/mol. The van der Waals surface area contributed by atoms with Crippen LogP contribution < -0.4 is 5.32 Å². The Balaban J connectivity index is 1.92. The lowest BCUT2D eigenvalue weighted by Gasteiger charge is -2.48. The first-order valence-corrected chi connectivity index (χ1v) is 8.63. The van der Waals surface area contributed by atoms with Crippen molar-refractivity contribution in [1.29, 1.82) is 0 Å². The van der Waals surface area contributed by atoms with Crippen molar-refractivity contribution in [3.05, 3.63) is 35.4 Å². The first-order valence-electron chi connectivity index (χ1n) is 8.63. The van der Waals surface area contributed by atoms with Crippen LogP contribution in [0.1, 0.15) is 63.1 Å². The van der Waals surface area contributed by atoms with Crippen LogP contribution in [0.25, 0.3) is 0 Å². The molecule has 2 aliphatic rings. The number of nitrogens with zero attached hydrogens (tertiary/aromatic N) is 1. The predicted octanol–water partition coefficient (Wildman–Crippen LogP) is 3.94. The molecule has 0 amide bonds. The quantitative estimate of drug-likeness (QED) is 0.886. The molecule has 0 aromatic heterocycles. The molecule has 5 atom stereocenters. The summed E-state index contributed by atoms with van der Waals surface area (Å²) in [7, 11) is 2.13. The van der Waals surface area contributed by atoms with Gasteiger partial charge in [-0.05, 0) is 56.2 Å². The average Bonchev–Trinajstić information content (AvgIpc) is 2.50. The number of hydrogen-bond acceptors (Lipinski definition) is 2. The third kappa shape index (κ3) is 2.76. The Morgan fingerprint density at radius 3 is 2.48 bits per heavy atom. The van der Waals surface area contributed by atoms with Gasteiger partial charge in [-0.2, -0.15) is 0 Å². The van der Waals surface area contributed by atoms with Gasteiger partial charge in [0.25, 0.3) is 0 Å². The molecule has 1 aromatic rings. The molecule has 2 nitrogen and oxygen atoms in total. The van der Waals surface area contributed by atoms with Crippen molar-refractivity contribution in [2.45, 2.75) is 64.1 Å².